The van der Waals surface area contributed by atoms with Crippen LogP contribution in [0.3, 0.4) is 0 Å². The van der Waals surface area contributed by atoms with Gasteiger partial charge in [0.05, 0.1) is 11.0 Å². The molecule has 2 heterocycles. The van der Waals surface area contributed by atoms with Gasteiger partial charge in [0.15, 0.2) is 0 Å². The number of nitrogens with one attached hydrogen (secondary N) is 2. The van der Waals surface area contributed by atoms with Gasteiger partial charge in [-0.3, -0.25) is 9.78 Å². The van der Waals surface area contributed by atoms with Crippen LogP contribution in [0.4, 0.5) is 16.0 Å². The van der Waals surface area contributed by atoms with E-state index in [4.69, 9.17) is 4.74 Å². The van der Waals surface area contributed by atoms with Crippen LogP contribution in [0, 0.1) is 12.7 Å². The summed E-state index contributed by atoms with van der Waals surface area (Å²) in [5.74, 6) is 1.15. The topological polar surface area (TPSA) is 81.1 Å². The normalized spacial score (nSPS) is 10.8. The zero-order valence-corrected chi connectivity index (χ0v) is 16.7. The number of hydrogen-bond donors (Lipinski definition) is 2. The minimum Gasteiger partial charge on any atom is -0.457 e. The molecular weight excluding hydrogens is 385 g/mol. The van der Waals surface area contributed by atoms with Crippen molar-refractivity contribution in [3.63, 3.8) is 0 Å². The molecule has 0 bridgehead atoms. The van der Waals surface area contributed by atoms with Gasteiger partial charge in [0.1, 0.15) is 23.0 Å². The third-order valence-corrected chi connectivity index (χ3v) is 4.71. The largest absolute Gasteiger partial charge is 0.457 e. The minimum absolute atomic E-state index is 0.273. The molecule has 0 aliphatic heterocycles. The molecule has 0 aliphatic rings. The van der Waals surface area contributed by atoms with Crippen molar-refractivity contribution in [2.45, 2.75) is 6.92 Å². The standard InChI is InChI=1S/C22H20FN5O2/c1-13-10-14(23)4-6-17(13)26-22-27-18-11-15(5-7-20(18)28(22)3)30-16-8-9-25-19(12-16)21(29)24-2/h4-12H,1-3H3,(H,24,29)(H,26,27). The number of halogens is 1. The molecular formula is C22H20FN5O2. The zero-order valence-electron chi connectivity index (χ0n) is 16.7. The first-order chi connectivity index (χ1) is 14.4. The number of benzene rings is 2. The number of imidazole rings is 1. The average molecular weight is 405 g/mol. The van der Waals surface area contributed by atoms with E-state index in [2.05, 4.69) is 20.6 Å². The first kappa shape index (κ1) is 19.4. The Morgan fingerprint density at radius 1 is 1.10 bits per heavy atom. The summed E-state index contributed by atoms with van der Waals surface area (Å²) in [4.78, 5) is 20.4. The molecule has 4 rings (SSSR count). The summed E-state index contributed by atoms with van der Waals surface area (Å²) >= 11 is 0. The monoisotopic (exact) mass is 405 g/mol. The fraction of sp³-hybridized carbons (Fsp3) is 0.136. The van der Waals surface area contributed by atoms with Gasteiger partial charge in [-0.1, -0.05) is 0 Å². The predicted molar refractivity (Wildman–Crippen MR) is 113 cm³/mol. The number of fused-ring (bicyclic) bond motifs is 1. The summed E-state index contributed by atoms with van der Waals surface area (Å²) in [5.41, 5.74) is 3.48. The van der Waals surface area contributed by atoms with Crippen molar-refractivity contribution in [2.24, 2.45) is 7.05 Å². The smallest absolute Gasteiger partial charge is 0.269 e. The van der Waals surface area contributed by atoms with Crippen molar-refractivity contribution < 1.29 is 13.9 Å². The third kappa shape index (κ3) is 3.80. The van der Waals surface area contributed by atoms with E-state index in [0.717, 1.165) is 22.3 Å². The van der Waals surface area contributed by atoms with Crippen LogP contribution >= 0.6 is 0 Å². The van der Waals surface area contributed by atoms with Crippen LogP contribution in [0.1, 0.15) is 16.1 Å². The Hall–Kier alpha value is -3.94. The van der Waals surface area contributed by atoms with Gasteiger partial charge in [-0.2, -0.15) is 0 Å². The molecule has 0 saturated heterocycles. The Balaban J connectivity index is 1.61. The number of hydrogen-bond acceptors (Lipinski definition) is 5. The van der Waals surface area contributed by atoms with Crippen molar-refractivity contribution in [3.8, 4) is 11.5 Å². The summed E-state index contributed by atoms with van der Waals surface area (Å²) in [6, 6.07) is 13.4. The Morgan fingerprint density at radius 3 is 2.67 bits per heavy atom. The first-order valence-electron chi connectivity index (χ1n) is 9.30. The maximum Gasteiger partial charge on any atom is 0.269 e. The Labute approximate surface area is 172 Å². The fourth-order valence-corrected chi connectivity index (χ4v) is 3.11. The van der Waals surface area contributed by atoms with Gasteiger partial charge in [-0.05, 0) is 48.9 Å². The van der Waals surface area contributed by atoms with Gasteiger partial charge < -0.3 is 19.9 Å². The molecule has 0 atom stereocenters. The van der Waals surface area contributed by atoms with E-state index in [1.807, 2.05) is 36.7 Å². The highest BCUT2D eigenvalue weighted by molar-refractivity contribution is 5.92. The van der Waals surface area contributed by atoms with Crippen molar-refractivity contribution in [1.29, 1.82) is 0 Å². The van der Waals surface area contributed by atoms with E-state index in [9.17, 15) is 9.18 Å². The Kier molecular flexibility index (Phi) is 5.05. The van der Waals surface area contributed by atoms with Crippen LogP contribution < -0.4 is 15.4 Å². The lowest BCUT2D eigenvalue weighted by atomic mass is 10.2. The van der Waals surface area contributed by atoms with E-state index >= 15 is 0 Å². The molecule has 152 valence electrons. The number of carbonyl (C=O) groups excluding carboxylic acids is 1. The van der Waals surface area contributed by atoms with Gasteiger partial charge >= 0.3 is 0 Å². The lowest BCUT2D eigenvalue weighted by Crippen LogP contribution is -2.18. The van der Waals surface area contributed by atoms with Crippen LogP contribution in [-0.4, -0.2) is 27.5 Å². The fourth-order valence-electron chi connectivity index (χ4n) is 3.11. The zero-order chi connectivity index (χ0) is 21.3. The Bertz CT molecular complexity index is 1250. The molecule has 0 radical (unpaired) electrons. The average Bonchev–Trinajstić information content (AvgIpc) is 3.04. The van der Waals surface area contributed by atoms with Gasteiger partial charge in [-0.25, -0.2) is 9.37 Å². The summed E-state index contributed by atoms with van der Waals surface area (Å²) < 4.78 is 21.2. The van der Waals surface area contributed by atoms with Crippen LogP contribution in [0.25, 0.3) is 11.0 Å². The highest BCUT2D eigenvalue weighted by Crippen LogP contribution is 2.29. The number of aromatic nitrogens is 3. The number of anilines is 2. The van der Waals surface area contributed by atoms with Crippen molar-refractivity contribution >= 4 is 28.6 Å². The number of aryl methyl sites for hydroxylation is 2. The molecule has 0 unspecified atom stereocenters. The van der Waals surface area contributed by atoms with Gasteiger partial charge in [0, 0.05) is 38.1 Å². The molecule has 0 aliphatic carbocycles. The number of pyridine rings is 1. The summed E-state index contributed by atoms with van der Waals surface area (Å²) in [6.07, 6.45) is 1.52. The van der Waals surface area contributed by atoms with Crippen LogP contribution in [0.2, 0.25) is 0 Å². The summed E-state index contributed by atoms with van der Waals surface area (Å²) in [7, 11) is 3.45. The van der Waals surface area contributed by atoms with Gasteiger partial charge in [0.2, 0.25) is 5.95 Å². The molecule has 8 heteroatoms. The van der Waals surface area contributed by atoms with Gasteiger partial charge in [0.25, 0.3) is 5.91 Å². The highest BCUT2D eigenvalue weighted by Gasteiger charge is 2.12. The second kappa shape index (κ2) is 7.82. The van der Waals surface area contributed by atoms with E-state index in [1.165, 1.54) is 18.3 Å². The number of ether oxygens (including phenoxy) is 1. The lowest BCUT2D eigenvalue weighted by Gasteiger charge is -2.09. The summed E-state index contributed by atoms with van der Waals surface area (Å²) in [6.45, 7) is 1.84. The van der Waals surface area contributed by atoms with Crippen LogP contribution in [-0.2, 0) is 7.05 Å². The molecule has 0 saturated carbocycles. The molecule has 7 nitrogen and oxygen atoms in total. The highest BCUT2D eigenvalue weighted by atomic mass is 19.1. The van der Waals surface area contributed by atoms with E-state index in [-0.39, 0.29) is 17.4 Å². The molecule has 0 fully saturated rings. The van der Waals surface area contributed by atoms with Crippen molar-refractivity contribution in [3.05, 3.63) is 71.8 Å². The first-order valence-corrected chi connectivity index (χ1v) is 9.30. The number of amides is 1. The molecule has 0 spiro atoms. The molecule has 1 amide bonds. The number of carbonyl (C=O) groups is 1. The number of nitrogens with zero attached hydrogens (tertiary/aromatic N) is 3. The van der Waals surface area contributed by atoms with Crippen LogP contribution in [0.15, 0.2) is 54.7 Å². The predicted octanol–water partition coefficient (Wildman–Crippen LogP) is 4.31. The Morgan fingerprint density at radius 2 is 1.90 bits per heavy atom. The quantitative estimate of drug-likeness (QED) is 0.517. The second-order valence-electron chi connectivity index (χ2n) is 6.79. The molecule has 4 aromatic rings. The van der Waals surface area contributed by atoms with Crippen molar-refractivity contribution in [1.82, 2.24) is 19.9 Å². The van der Waals surface area contributed by atoms with Gasteiger partial charge in [-0.15, -0.1) is 0 Å². The van der Waals surface area contributed by atoms with Crippen LogP contribution in [0.5, 0.6) is 11.5 Å². The molecule has 2 aromatic carbocycles. The van der Waals surface area contributed by atoms with E-state index in [1.54, 1.807) is 25.2 Å². The van der Waals surface area contributed by atoms with E-state index < -0.39 is 0 Å². The molecule has 2 N–H and O–H groups in total. The number of rotatable bonds is 5. The minimum atomic E-state index is -0.285. The molecule has 30 heavy (non-hydrogen) atoms. The summed E-state index contributed by atoms with van der Waals surface area (Å²) in [5, 5.41) is 5.78. The van der Waals surface area contributed by atoms with Crippen molar-refractivity contribution in [2.75, 3.05) is 12.4 Å². The second-order valence-corrected chi connectivity index (χ2v) is 6.79. The maximum absolute atomic E-state index is 13.4. The molecule has 2 aromatic heterocycles. The third-order valence-electron chi connectivity index (χ3n) is 4.71. The maximum atomic E-state index is 13.4. The van der Waals surface area contributed by atoms with E-state index in [0.29, 0.717) is 17.4 Å². The lowest BCUT2D eigenvalue weighted by molar-refractivity contribution is 0.0958. The SMILES string of the molecule is CNC(=O)c1cc(Oc2ccc3c(c2)nc(Nc2ccc(F)cc2C)n3C)ccn1.